The molecule has 2 heteroatoms. The zero-order valence-corrected chi connectivity index (χ0v) is 40.0. The second-order valence-electron chi connectivity index (χ2n) is 20.1. The molecule has 0 atom stereocenters. The van der Waals surface area contributed by atoms with E-state index in [0.29, 0.717) is 0 Å². The Morgan fingerprint density at radius 2 is 0.700 bits per heavy atom. The summed E-state index contributed by atoms with van der Waals surface area (Å²) in [5, 5.41) is 4.79. The Morgan fingerprint density at radius 1 is 0.257 bits per heavy atom. The van der Waals surface area contributed by atoms with E-state index in [9.17, 15) is 0 Å². The highest BCUT2D eigenvalue weighted by molar-refractivity contribution is 6.15. The molecule has 0 saturated carbocycles. The van der Waals surface area contributed by atoms with E-state index in [1.807, 2.05) is 0 Å². The normalized spacial score (nSPS) is 13.7. The van der Waals surface area contributed by atoms with Crippen molar-refractivity contribution in [3.63, 3.8) is 0 Å². The molecule has 11 aromatic carbocycles. The van der Waals surface area contributed by atoms with Crippen molar-refractivity contribution in [1.82, 2.24) is 0 Å². The summed E-state index contributed by atoms with van der Waals surface area (Å²) in [6, 6.07) is 90.2. The van der Waals surface area contributed by atoms with Gasteiger partial charge in [-0.3, -0.25) is 0 Å². The highest BCUT2D eigenvalue weighted by Crippen LogP contribution is 2.55. The van der Waals surface area contributed by atoms with E-state index in [0.717, 1.165) is 45.3 Å². The van der Waals surface area contributed by atoms with Gasteiger partial charge in [0.05, 0.1) is 17.1 Å². The molecule has 0 heterocycles. The Balaban J connectivity index is 1.13. The Bertz CT molecular complexity index is 3840. The molecule has 0 saturated heterocycles. The molecule has 0 spiro atoms. The average molecular weight is 897 g/mol. The van der Waals surface area contributed by atoms with Crippen LogP contribution in [0.15, 0.2) is 243 Å². The zero-order chi connectivity index (χ0) is 47.1. The highest BCUT2D eigenvalue weighted by atomic mass is 15.2. The maximum Gasteiger partial charge on any atom is 0.0561 e. The minimum Gasteiger partial charge on any atom is -0.310 e. The third-order valence-corrected chi connectivity index (χ3v) is 15.4. The third kappa shape index (κ3) is 6.47. The SMILES string of the molecule is CC1(C)c2ccccc2-c2ccc(N(c3cc(N(c4ccc5c(c4)C(C)(C)c4ccccc4-5)c4ccccc4-c4ccccc4)c4ccc5ccccc5c4c3)c3ccccc3-c3ccccc3)cc21. The molecule has 0 radical (unpaired) electrons. The summed E-state index contributed by atoms with van der Waals surface area (Å²) in [6.07, 6.45) is 0. The predicted molar refractivity (Wildman–Crippen MR) is 297 cm³/mol. The van der Waals surface area contributed by atoms with E-state index < -0.39 is 0 Å². The Hall–Kier alpha value is -8.46. The lowest BCUT2D eigenvalue weighted by Crippen LogP contribution is -2.18. The van der Waals surface area contributed by atoms with Gasteiger partial charge in [0.15, 0.2) is 0 Å². The predicted octanol–water partition coefficient (Wildman–Crippen LogP) is 18.9. The van der Waals surface area contributed by atoms with Crippen LogP contribution >= 0.6 is 0 Å². The number of benzene rings is 11. The molecule has 0 fully saturated rings. The quantitative estimate of drug-likeness (QED) is 0.140. The maximum absolute atomic E-state index is 2.55. The molecule has 2 nitrogen and oxygen atoms in total. The van der Waals surface area contributed by atoms with Crippen molar-refractivity contribution in [3.05, 3.63) is 265 Å². The van der Waals surface area contributed by atoms with E-state index in [1.54, 1.807) is 0 Å². The number of hydrogen-bond donors (Lipinski definition) is 0. The molecule has 0 unspecified atom stereocenters. The molecule has 70 heavy (non-hydrogen) atoms. The lowest BCUT2D eigenvalue weighted by Gasteiger charge is -2.34. The van der Waals surface area contributed by atoms with Crippen LogP contribution in [0.25, 0.3) is 66.1 Å². The molecular weight excluding hydrogens is 845 g/mol. The van der Waals surface area contributed by atoms with Crippen molar-refractivity contribution in [3.8, 4) is 44.5 Å². The van der Waals surface area contributed by atoms with Crippen LogP contribution in [0.4, 0.5) is 34.1 Å². The average Bonchev–Trinajstić information content (AvgIpc) is 3.78. The largest absolute Gasteiger partial charge is 0.310 e. The number of nitrogens with zero attached hydrogens (tertiary/aromatic N) is 2. The minimum absolute atomic E-state index is 0.184. The molecule has 11 aromatic rings. The van der Waals surface area contributed by atoms with Crippen LogP contribution < -0.4 is 9.80 Å². The molecule has 334 valence electrons. The zero-order valence-electron chi connectivity index (χ0n) is 40.0. The van der Waals surface area contributed by atoms with Crippen LogP contribution in [0.2, 0.25) is 0 Å². The van der Waals surface area contributed by atoms with Gasteiger partial charge in [-0.15, -0.1) is 0 Å². The number of fused-ring (bicyclic) bond motifs is 9. The van der Waals surface area contributed by atoms with E-state index in [2.05, 4.69) is 280 Å². The first-order chi connectivity index (χ1) is 34.3. The van der Waals surface area contributed by atoms with Crippen LogP contribution in [-0.2, 0) is 10.8 Å². The van der Waals surface area contributed by atoms with Crippen LogP contribution in [-0.4, -0.2) is 0 Å². The topological polar surface area (TPSA) is 6.48 Å². The van der Waals surface area contributed by atoms with Gasteiger partial charge >= 0.3 is 0 Å². The Morgan fingerprint density at radius 3 is 1.27 bits per heavy atom. The van der Waals surface area contributed by atoms with Crippen molar-refractivity contribution in [2.45, 2.75) is 38.5 Å². The standard InChI is InChI=1S/C68H52N2/c1-67(2)60-31-17-13-29-54(60)56-39-36-48(42-62(56)67)69(64-33-19-15-27-52(64)45-21-7-5-8-22-45)50-41-59-51-26-12-11-25-47(51)35-38-58(59)66(44-50)70(65-34-20-16-28-53(65)46-23-9-6-10-24-46)49-37-40-57-55-30-14-18-32-61(55)68(3,4)63(57)43-49/h5-44H,1-4H3. The smallest absolute Gasteiger partial charge is 0.0561 e. The molecule has 0 aromatic heterocycles. The third-order valence-electron chi connectivity index (χ3n) is 15.4. The Labute approximate surface area is 411 Å². The number of para-hydroxylation sites is 2. The highest BCUT2D eigenvalue weighted by Gasteiger charge is 2.38. The minimum atomic E-state index is -0.189. The molecule has 2 aliphatic carbocycles. The molecule has 0 N–H and O–H groups in total. The van der Waals surface area contributed by atoms with Crippen LogP contribution in [0.5, 0.6) is 0 Å². The van der Waals surface area contributed by atoms with Gasteiger partial charge in [-0.05, 0) is 120 Å². The fourth-order valence-corrected chi connectivity index (χ4v) is 12.0. The number of anilines is 6. The Kier molecular flexibility index (Phi) is 9.58. The molecule has 0 amide bonds. The van der Waals surface area contributed by atoms with Gasteiger partial charge in [-0.2, -0.15) is 0 Å². The van der Waals surface area contributed by atoms with Crippen molar-refractivity contribution in [2.75, 3.05) is 9.80 Å². The van der Waals surface area contributed by atoms with Gasteiger partial charge in [0.2, 0.25) is 0 Å². The fraction of sp³-hybridized carbons (Fsp3) is 0.0882. The first kappa shape index (κ1) is 41.7. The molecule has 0 aliphatic heterocycles. The molecule has 0 bridgehead atoms. The van der Waals surface area contributed by atoms with Gasteiger partial charge in [0.1, 0.15) is 0 Å². The number of hydrogen-bond acceptors (Lipinski definition) is 2. The molecule has 13 rings (SSSR count). The lowest BCUT2D eigenvalue weighted by molar-refractivity contribution is 0.660. The van der Waals surface area contributed by atoms with Crippen molar-refractivity contribution >= 4 is 55.7 Å². The van der Waals surface area contributed by atoms with Gasteiger partial charge in [-0.1, -0.05) is 222 Å². The second kappa shape index (κ2) is 16.1. The first-order valence-corrected chi connectivity index (χ1v) is 24.6. The van der Waals surface area contributed by atoms with Gasteiger partial charge in [0, 0.05) is 44.4 Å². The van der Waals surface area contributed by atoms with E-state index in [4.69, 9.17) is 0 Å². The van der Waals surface area contributed by atoms with Crippen LogP contribution in [0.1, 0.15) is 49.9 Å². The van der Waals surface area contributed by atoms with Crippen molar-refractivity contribution in [1.29, 1.82) is 0 Å². The summed E-state index contributed by atoms with van der Waals surface area (Å²) in [5.74, 6) is 0. The summed E-state index contributed by atoms with van der Waals surface area (Å²) < 4.78 is 0. The van der Waals surface area contributed by atoms with E-state index in [1.165, 1.54) is 77.2 Å². The number of rotatable bonds is 8. The summed E-state index contributed by atoms with van der Waals surface area (Å²) in [5.41, 5.74) is 21.6. The monoisotopic (exact) mass is 896 g/mol. The maximum atomic E-state index is 2.55. The van der Waals surface area contributed by atoms with Crippen LogP contribution in [0, 0.1) is 0 Å². The van der Waals surface area contributed by atoms with Crippen molar-refractivity contribution < 1.29 is 0 Å². The summed E-state index contributed by atoms with van der Waals surface area (Å²) in [4.78, 5) is 5.07. The first-order valence-electron chi connectivity index (χ1n) is 24.6. The van der Waals surface area contributed by atoms with Gasteiger partial charge in [0.25, 0.3) is 0 Å². The van der Waals surface area contributed by atoms with Crippen molar-refractivity contribution in [2.24, 2.45) is 0 Å². The lowest BCUT2D eigenvalue weighted by atomic mass is 9.82. The second-order valence-corrected chi connectivity index (χ2v) is 20.1. The summed E-state index contributed by atoms with van der Waals surface area (Å²) in [7, 11) is 0. The van der Waals surface area contributed by atoms with Gasteiger partial charge in [-0.25, -0.2) is 0 Å². The van der Waals surface area contributed by atoms with Gasteiger partial charge < -0.3 is 9.80 Å². The molecule has 2 aliphatic rings. The summed E-state index contributed by atoms with van der Waals surface area (Å²) >= 11 is 0. The van der Waals surface area contributed by atoms with Crippen LogP contribution in [0.3, 0.4) is 0 Å². The molecular formula is C68H52N2. The summed E-state index contributed by atoms with van der Waals surface area (Å²) in [6.45, 7) is 9.51. The van der Waals surface area contributed by atoms with E-state index >= 15 is 0 Å². The fourth-order valence-electron chi connectivity index (χ4n) is 12.0. The van der Waals surface area contributed by atoms with E-state index in [-0.39, 0.29) is 10.8 Å².